The van der Waals surface area contributed by atoms with Gasteiger partial charge in [0.15, 0.2) is 0 Å². The Morgan fingerprint density at radius 3 is 1.56 bits per heavy atom. The van der Waals surface area contributed by atoms with Crippen molar-refractivity contribution in [2.45, 2.75) is 6.92 Å². The third-order valence-electron chi connectivity index (χ3n) is 0. The number of hydrogen-bond donors (Lipinski definition) is 1. The first-order chi connectivity index (χ1) is 3.15. The maximum atomic E-state index is 8.89. The van der Waals surface area contributed by atoms with Crippen molar-refractivity contribution in [2.75, 3.05) is 0 Å². The van der Waals surface area contributed by atoms with Crippen LogP contribution >= 0.6 is 0 Å². The molecule has 6 heteroatoms. The summed E-state index contributed by atoms with van der Waals surface area (Å²) in [6.45, 7) is 0.472. The number of carbonyl (C=O) groups excluding carboxylic acids is 2. The molecular formula is C3H8NNaO4. The van der Waals surface area contributed by atoms with Crippen molar-refractivity contribution < 1.29 is 49.4 Å². The molecule has 0 radical (unpaired) electrons. The summed E-state index contributed by atoms with van der Waals surface area (Å²) in [5.41, 5.74) is 0. The molecule has 4 N–H and O–H groups in total. The summed E-state index contributed by atoms with van der Waals surface area (Å²) in [4.78, 5) is 17.1. The van der Waals surface area contributed by atoms with Crippen LogP contribution in [0.2, 0.25) is 0 Å². The molecule has 0 rings (SSSR count). The van der Waals surface area contributed by atoms with E-state index in [1.165, 1.54) is 0 Å². The molecule has 5 nitrogen and oxygen atoms in total. The topological polar surface area (TPSA) is 117 Å². The van der Waals surface area contributed by atoms with Crippen molar-refractivity contribution in [1.29, 1.82) is 0 Å². The normalized spacial score (nSPS) is 4.11. The first-order valence-corrected chi connectivity index (χ1v) is 1.38. The molecule has 0 aromatic rings. The Balaban J connectivity index is -0.0000000233. The van der Waals surface area contributed by atoms with Crippen molar-refractivity contribution in [3.63, 3.8) is 0 Å². The Labute approximate surface area is 74.9 Å². The molecule has 0 atom stereocenters. The van der Waals surface area contributed by atoms with Gasteiger partial charge in [0.05, 0.1) is 0 Å². The van der Waals surface area contributed by atoms with Gasteiger partial charge in [-0.25, -0.2) is 0 Å². The predicted octanol–water partition coefficient (Wildman–Crippen LogP) is -5.50. The second-order valence-corrected chi connectivity index (χ2v) is 0.588. The van der Waals surface area contributed by atoms with E-state index in [2.05, 4.69) is 0 Å². The third-order valence-corrected chi connectivity index (χ3v) is 0. The summed E-state index contributed by atoms with van der Waals surface area (Å²) >= 11 is 0. The van der Waals surface area contributed by atoms with E-state index in [0.717, 1.165) is 6.92 Å². The molecule has 0 aliphatic heterocycles. The van der Waals surface area contributed by atoms with Crippen LogP contribution in [0.4, 0.5) is 0 Å². The minimum absolute atomic E-state index is 0. The first kappa shape index (κ1) is 23.1. The summed E-state index contributed by atoms with van der Waals surface area (Å²) in [6.07, 6.45) is 0. The number of aliphatic carboxylic acids is 1. The van der Waals surface area contributed by atoms with Crippen LogP contribution in [0, 0.1) is 0 Å². The van der Waals surface area contributed by atoms with Gasteiger partial charge in [-0.05, 0) is 6.92 Å². The minimum atomic E-state index is -1.08. The molecule has 0 aromatic carbocycles. The second kappa shape index (κ2) is 24.7. The molecule has 0 saturated carbocycles. The molecule has 0 fully saturated rings. The summed E-state index contributed by atoms with van der Waals surface area (Å²) in [6, 6.07) is 0. The predicted molar refractivity (Wildman–Crippen MR) is 22.7 cm³/mol. The standard InChI is InChI=1S/C2H4O2.CH2O2.H3N.Na/c1-2(3)4;2-1-3;;/h1H3,(H,3,4);1H,(H,2,3);1H3;/q;;;+1/p-1. The van der Waals surface area contributed by atoms with E-state index in [9.17, 15) is 0 Å². The van der Waals surface area contributed by atoms with E-state index in [4.69, 9.17) is 19.8 Å². The zero-order valence-corrected chi connectivity index (χ0v) is 7.71. The van der Waals surface area contributed by atoms with E-state index in [-0.39, 0.29) is 35.7 Å². The van der Waals surface area contributed by atoms with Crippen LogP contribution in [0.25, 0.3) is 0 Å². The van der Waals surface area contributed by atoms with Gasteiger partial charge in [-0.15, -0.1) is 0 Å². The molecule has 0 aromatic heterocycles. The van der Waals surface area contributed by atoms with E-state index in [0.29, 0.717) is 0 Å². The molecule has 0 spiro atoms. The van der Waals surface area contributed by atoms with Crippen LogP contribution in [-0.4, -0.2) is 12.4 Å². The van der Waals surface area contributed by atoms with Gasteiger partial charge in [0.1, 0.15) is 0 Å². The number of rotatable bonds is 0. The zero-order chi connectivity index (χ0) is 6.28. The molecule has 0 amide bonds. The summed E-state index contributed by atoms with van der Waals surface area (Å²) < 4.78 is 0. The van der Waals surface area contributed by atoms with Crippen molar-refractivity contribution in [1.82, 2.24) is 6.15 Å². The average molecular weight is 145 g/mol. The van der Waals surface area contributed by atoms with Gasteiger partial charge in [-0.2, -0.15) is 0 Å². The van der Waals surface area contributed by atoms with E-state index in [1.54, 1.807) is 0 Å². The molecule has 0 saturated heterocycles. The Morgan fingerprint density at radius 1 is 1.56 bits per heavy atom. The fraction of sp³-hybridized carbons (Fsp3) is 0.333. The van der Waals surface area contributed by atoms with E-state index in [1.807, 2.05) is 0 Å². The van der Waals surface area contributed by atoms with Gasteiger partial charge in [-0.3, -0.25) is 0 Å². The largest absolute Gasteiger partial charge is 1.00 e. The molecule has 0 unspecified atom stereocenters. The molecule has 0 aliphatic carbocycles. The number of quaternary nitrogens is 1. The van der Waals surface area contributed by atoms with Crippen LogP contribution in [0.15, 0.2) is 0 Å². The summed E-state index contributed by atoms with van der Waals surface area (Å²) in [5.74, 6) is -1.08. The Morgan fingerprint density at radius 2 is 1.56 bits per heavy atom. The second-order valence-electron chi connectivity index (χ2n) is 0.588. The molecule has 9 heavy (non-hydrogen) atoms. The van der Waals surface area contributed by atoms with Gasteiger partial charge in [-0.1, -0.05) is 0 Å². The molecular weight excluding hydrogens is 137 g/mol. The molecule has 0 heterocycles. The van der Waals surface area contributed by atoms with Crippen molar-refractivity contribution in [3.05, 3.63) is 0 Å². The molecule has 50 valence electrons. The number of carboxylic acids is 1. The fourth-order valence-corrected chi connectivity index (χ4v) is 0. The quantitative estimate of drug-likeness (QED) is 0.270. The third kappa shape index (κ3) is 27500. The SMILES string of the molecule is CC(=O)[O-].O=C[O-].[NH4+].[Na+]. The summed E-state index contributed by atoms with van der Waals surface area (Å²) in [5, 5.41) is 17.1. The van der Waals surface area contributed by atoms with Gasteiger partial charge in [0.2, 0.25) is 0 Å². The van der Waals surface area contributed by atoms with Gasteiger partial charge >= 0.3 is 29.6 Å². The fourth-order valence-electron chi connectivity index (χ4n) is 0. The Kier molecular flexibility index (Phi) is 63.6. The monoisotopic (exact) mass is 145 g/mol. The number of carboxylic acid groups (broad SMARTS) is 2. The average Bonchev–Trinajstić information content (AvgIpc) is 1.33. The Bertz CT molecular complexity index is 62.8. The minimum Gasteiger partial charge on any atom is -0.554 e. The van der Waals surface area contributed by atoms with E-state index < -0.39 is 12.4 Å². The summed E-state index contributed by atoms with van der Waals surface area (Å²) in [7, 11) is 0. The number of hydrogen-bond acceptors (Lipinski definition) is 4. The van der Waals surface area contributed by atoms with Crippen LogP contribution in [0.3, 0.4) is 0 Å². The van der Waals surface area contributed by atoms with Gasteiger partial charge in [0.25, 0.3) is 0 Å². The molecule has 0 bridgehead atoms. The maximum absolute atomic E-state index is 8.89. The first-order valence-electron chi connectivity index (χ1n) is 1.38. The van der Waals surface area contributed by atoms with Crippen molar-refractivity contribution in [3.8, 4) is 0 Å². The van der Waals surface area contributed by atoms with Crippen molar-refractivity contribution in [2.24, 2.45) is 0 Å². The van der Waals surface area contributed by atoms with Crippen LogP contribution in [-0.2, 0) is 9.59 Å². The smallest absolute Gasteiger partial charge is 0.554 e. The Hall–Kier alpha value is -0.100. The van der Waals surface area contributed by atoms with Crippen LogP contribution in [0.1, 0.15) is 6.92 Å². The van der Waals surface area contributed by atoms with Gasteiger partial charge < -0.3 is 26.0 Å². The van der Waals surface area contributed by atoms with E-state index >= 15 is 0 Å². The van der Waals surface area contributed by atoms with Gasteiger partial charge in [0, 0.05) is 12.4 Å². The number of carbonyl (C=O) groups is 2. The molecule has 0 aliphatic rings. The van der Waals surface area contributed by atoms with Crippen LogP contribution in [0.5, 0.6) is 0 Å². The van der Waals surface area contributed by atoms with Crippen molar-refractivity contribution >= 4 is 12.4 Å². The van der Waals surface area contributed by atoms with Crippen LogP contribution < -0.4 is 45.9 Å². The maximum Gasteiger partial charge on any atom is 1.00 e. The zero-order valence-electron chi connectivity index (χ0n) is 5.71.